The zero-order chi connectivity index (χ0) is 16.6. The molecule has 0 radical (unpaired) electrons. The van der Waals surface area contributed by atoms with Crippen LogP contribution < -0.4 is 5.32 Å². The monoisotopic (exact) mass is 329 g/mol. The fraction of sp³-hybridized carbons (Fsp3) is 0.700. The Kier molecular flexibility index (Phi) is 6.65. The van der Waals surface area contributed by atoms with Gasteiger partial charge < -0.3 is 10.2 Å². The quantitative estimate of drug-likeness (QED) is 0.780. The molecule has 0 unspecified atom stereocenters. The summed E-state index contributed by atoms with van der Waals surface area (Å²) in [6.45, 7) is 4.27. The first kappa shape index (κ1) is 17.4. The summed E-state index contributed by atoms with van der Waals surface area (Å²) in [6, 6.07) is 3.97. The highest BCUT2D eigenvalue weighted by Crippen LogP contribution is 2.26. The Balaban J connectivity index is 1.38. The number of hydrogen-bond donors (Lipinski definition) is 1. The molecule has 4 nitrogen and oxygen atoms in total. The highest BCUT2D eigenvalue weighted by atomic mass is 16.1. The van der Waals surface area contributed by atoms with Crippen LogP contribution in [-0.2, 0) is 6.42 Å². The van der Waals surface area contributed by atoms with Crippen LogP contribution >= 0.6 is 0 Å². The van der Waals surface area contributed by atoms with Crippen molar-refractivity contribution >= 4 is 5.91 Å². The van der Waals surface area contributed by atoms with Gasteiger partial charge in [0.2, 0.25) is 0 Å². The van der Waals surface area contributed by atoms with Crippen LogP contribution in [0, 0.1) is 5.92 Å². The van der Waals surface area contributed by atoms with Gasteiger partial charge in [-0.1, -0.05) is 38.2 Å². The second-order valence-electron chi connectivity index (χ2n) is 7.42. The van der Waals surface area contributed by atoms with E-state index in [0.717, 1.165) is 31.8 Å². The molecule has 3 rings (SSSR count). The second kappa shape index (κ2) is 9.16. The van der Waals surface area contributed by atoms with E-state index in [-0.39, 0.29) is 5.91 Å². The maximum atomic E-state index is 12.2. The number of hydrogen-bond acceptors (Lipinski definition) is 3. The van der Waals surface area contributed by atoms with Crippen LogP contribution in [-0.4, -0.2) is 42.0 Å². The van der Waals surface area contributed by atoms with E-state index < -0.39 is 0 Å². The number of nitrogens with one attached hydrogen (secondary N) is 1. The minimum Gasteiger partial charge on any atom is -0.351 e. The molecule has 1 saturated carbocycles. The van der Waals surface area contributed by atoms with Crippen LogP contribution in [0.4, 0.5) is 0 Å². The van der Waals surface area contributed by atoms with Crippen molar-refractivity contribution in [3.63, 3.8) is 0 Å². The molecule has 1 aliphatic carbocycles. The van der Waals surface area contributed by atoms with Gasteiger partial charge in [0.05, 0.1) is 0 Å². The fourth-order valence-electron chi connectivity index (χ4n) is 4.01. The topological polar surface area (TPSA) is 45.2 Å². The van der Waals surface area contributed by atoms with Crippen molar-refractivity contribution in [3.8, 4) is 0 Å². The number of amides is 1. The van der Waals surface area contributed by atoms with Gasteiger partial charge in [0.1, 0.15) is 5.69 Å². The van der Waals surface area contributed by atoms with Gasteiger partial charge in [-0.3, -0.25) is 9.78 Å². The van der Waals surface area contributed by atoms with E-state index in [9.17, 15) is 4.79 Å². The molecule has 24 heavy (non-hydrogen) atoms. The summed E-state index contributed by atoms with van der Waals surface area (Å²) in [5.74, 6) is 0.770. The summed E-state index contributed by atoms with van der Waals surface area (Å²) in [5, 5.41) is 3.00. The number of pyridine rings is 1. The number of likely N-dealkylation sites (tertiary alicyclic amines) is 1. The fourth-order valence-corrected chi connectivity index (χ4v) is 4.01. The van der Waals surface area contributed by atoms with E-state index in [1.807, 2.05) is 12.3 Å². The Bertz CT molecular complexity index is 502. The Hall–Kier alpha value is -1.42. The normalized spacial score (nSPS) is 19.5. The van der Waals surface area contributed by atoms with Gasteiger partial charge in [-0.2, -0.15) is 0 Å². The van der Waals surface area contributed by atoms with Crippen molar-refractivity contribution < 1.29 is 4.79 Å². The average molecular weight is 329 g/mol. The number of aromatic nitrogens is 1. The van der Waals surface area contributed by atoms with E-state index in [2.05, 4.69) is 21.3 Å². The molecule has 4 heteroatoms. The van der Waals surface area contributed by atoms with Gasteiger partial charge in [-0.05, 0) is 62.9 Å². The average Bonchev–Trinajstić information content (AvgIpc) is 3.13. The summed E-state index contributed by atoms with van der Waals surface area (Å²) in [4.78, 5) is 19.0. The van der Waals surface area contributed by atoms with E-state index in [4.69, 9.17) is 0 Å². The minimum absolute atomic E-state index is 0.0411. The Labute approximate surface area is 146 Å². The molecule has 2 fully saturated rings. The third-order valence-electron chi connectivity index (χ3n) is 5.44. The highest BCUT2D eigenvalue weighted by Gasteiger charge is 2.15. The molecule has 1 aromatic heterocycles. The molecule has 1 N–H and O–H groups in total. The van der Waals surface area contributed by atoms with Crippen LogP contribution in [0.15, 0.2) is 18.3 Å². The molecule has 0 aromatic carbocycles. The smallest absolute Gasteiger partial charge is 0.269 e. The summed E-state index contributed by atoms with van der Waals surface area (Å²) in [6.07, 6.45) is 13.5. The van der Waals surface area contributed by atoms with Gasteiger partial charge in [-0.15, -0.1) is 0 Å². The van der Waals surface area contributed by atoms with E-state index in [1.165, 1.54) is 63.6 Å². The van der Waals surface area contributed by atoms with Crippen molar-refractivity contribution in [2.24, 2.45) is 5.92 Å². The predicted octanol–water partition coefficient (Wildman–Crippen LogP) is 3.42. The molecule has 0 spiro atoms. The summed E-state index contributed by atoms with van der Waals surface area (Å²) >= 11 is 0. The first-order valence-electron chi connectivity index (χ1n) is 9.77. The number of carbonyl (C=O) groups excluding carboxylic acids is 1. The zero-order valence-corrected chi connectivity index (χ0v) is 14.8. The molecular formula is C20H31N3O. The molecule has 1 aromatic rings. The Morgan fingerprint density at radius 1 is 1.12 bits per heavy atom. The molecule has 1 amide bonds. The van der Waals surface area contributed by atoms with E-state index in [0.29, 0.717) is 5.69 Å². The molecule has 132 valence electrons. The lowest BCUT2D eigenvalue weighted by atomic mass is 9.85. The molecule has 0 bridgehead atoms. The first-order chi connectivity index (χ1) is 11.8. The molecule has 2 aliphatic rings. The van der Waals surface area contributed by atoms with Crippen molar-refractivity contribution in [2.75, 3.05) is 26.2 Å². The molecule has 1 aliphatic heterocycles. The summed E-state index contributed by atoms with van der Waals surface area (Å²) in [5.41, 5.74) is 1.82. The van der Waals surface area contributed by atoms with Crippen LogP contribution in [0.3, 0.4) is 0 Å². The largest absolute Gasteiger partial charge is 0.351 e. The minimum atomic E-state index is -0.0411. The molecule has 0 atom stereocenters. The maximum absolute atomic E-state index is 12.2. The third kappa shape index (κ3) is 5.30. The van der Waals surface area contributed by atoms with Gasteiger partial charge in [0.15, 0.2) is 0 Å². The Morgan fingerprint density at radius 2 is 1.92 bits per heavy atom. The SMILES string of the molecule is O=C(NCCCN1CCCC1)c1ccc(CC2CCCCC2)cn1. The zero-order valence-electron chi connectivity index (χ0n) is 14.8. The number of carbonyl (C=O) groups is 1. The summed E-state index contributed by atoms with van der Waals surface area (Å²) < 4.78 is 0. The third-order valence-corrected chi connectivity index (χ3v) is 5.44. The standard InChI is InChI=1S/C20H31N3O/c24-20(21-11-6-14-23-12-4-5-13-23)19-10-9-18(16-22-19)15-17-7-2-1-3-8-17/h9-10,16-17H,1-8,11-15H2,(H,21,24). The van der Waals surface area contributed by atoms with Crippen LogP contribution in [0.1, 0.15) is 67.4 Å². The molecular weight excluding hydrogens is 298 g/mol. The number of nitrogens with zero attached hydrogens (tertiary/aromatic N) is 2. The lowest BCUT2D eigenvalue weighted by molar-refractivity contribution is 0.0947. The van der Waals surface area contributed by atoms with Gasteiger partial charge in [0, 0.05) is 12.7 Å². The van der Waals surface area contributed by atoms with Gasteiger partial charge >= 0.3 is 0 Å². The van der Waals surface area contributed by atoms with Crippen LogP contribution in [0.5, 0.6) is 0 Å². The lowest BCUT2D eigenvalue weighted by Gasteiger charge is -2.21. The first-order valence-corrected chi connectivity index (χ1v) is 9.77. The molecule has 2 heterocycles. The van der Waals surface area contributed by atoms with Crippen molar-refractivity contribution in [1.29, 1.82) is 0 Å². The van der Waals surface area contributed by atoms with Gasteiger partial charge in [0.25, 0.3) is 5.91 Å². The van der Waals surface area contributed by atoms with Gasteiger partial charge in [-0.25, -0.2) is 0 Å². The lowest BCUT2D eigenvalue weighted by Crippen LogP contribution is -2.29. The number of rotatable bonds is 7. The Morgan fingerprint density at radius 3 is 2.62 bits per heavy atom. The van der Waals surface area contributed by atoms with Crippen molar-refractivity contribution in [1.82, 2.24) is 15.2 Å². The maximum Gasteiger partial charge on any atom is 0.269 e. The van der Waals surface area contributed by atoms with Crippen molar-refractivity contribution in [2.45, 2.75) is 57.8 Å². The van der Waals surface area contributed by atoms with E-state index in [1.54, 1.807) is 0 Å². The van der Waals surface area contributed by atoms with Crippen molar-refractivity contribution in [3.05, 3.63) is 29.6 Å². The second-order valence-corrected chi connectivity index (χ2v) is 7.42. The molecule has 1 saturated heterocycles. The van der Waals surface area contributed by atoms with Crippen LogP contribution in [0.2, 0.25) is 0 Å². The summed E-state index contributed by atoms with van der Waals surface area (Å²) in [7, 11) is 0. The van der Waals surface area contributed by atoms with E-state index >= 15 is 0 Å². The highest BCUT2D eigenvalue weighted by molar-refractivity contribution is 5.92. The van der Waals surface area contributed by atoms with Crippen LogP contribution in [0.25, 0.3) is 0 Å². The predicted molar refractivity (Wildman–Crippen MR) is 97.1 cm³/mol.